The quantitative estimate of drug-likeness (QED) is 0.258. The lowest BCUT2D eigenvalue weighted by molar-refractivity contribution is -0.144. The summed E-state index contributed by atoms with van der Waals surface area (Å²) >= 11 is 6.37. The second-order valence-electron chi connectivity index (χ2n) is 10.2. The Labute approximate surface area is 242 Å². The summed E-state index contributed by atoms with van der Waals surface area (Å²) < 4.78 is 25.7. The lowest BCUT2D eigenvalue weighted by Crippen LogP contribution is -2.38. The van der Waals surface area contributed by atoms with Gasteiger partial charge in [-0.3, -0.25) is 14.3 Å². The molecule has 1 saturated carbocycles. The summed E-state index contributed by atoms with van der Waals surface area (Å²) in [5.41, 5.74) is 2.50. The second kappa shape index (κ2) is 12.6. The molecule has 9 nitrogen and oxygen atoms in total. The summed E-state index contributed by atoms with van der Waals surface area (Å²) in [5, 5.41) is 8.86. The van der Waals surface area contributed by atoms with Crippen LogP contribution in [0.4, 0.5) is 4.39 Å². The first-order valence-electron chi connectivity index (χ1n) is 13.6. The summed E-state index contributed by atoms with van der Waals surface area (Å²) in [5.74, 6) is -0.0101. The number of aromatic nitrogens is 4. The van der Waals surface area contributed by atoms with Gasteiger partial charge in [0.2, 0.25) is 0 Å². The molecule has 11 heteroatoms. The number of fused-ring (bicyclic) bond motifs is 1. The maximum absolute atomic E-state index is 13.8. The van der Waals surface area contributed by atoms with Crippen LogP contribution in [-0.2, 0) is 16.1 Å². The number of amides is 1. The normalized spacial score (nSPS) is 16.9. The Bertz CT molecular complexity index is 1550. The lowest BCUT2D eigenvalue weighted by Gasteiger charge is -2.28. The molecule has 1 aliphatic carbocycles. The fourth-order valence-electron chi connectivity index (χ4n) is 5.28. The molecule has 1 fully saturated rings. The van der Waals surface area contributed by atoms with Crippen LogP contribution in [0.3, 0.4) is 0 Å². The van der Waals surface area contributed by atoms with Crippen molar-refractivity contribution in [2.45, 2.75) is 51.6 Å². The van der Waals surface area contributed by atoms with Gasteiger partial charge >= 0.3 is 5.97 Å². The topological polar surface area (TPSA) is 108 Å². The highest BCUT2D eigenvalue weighted by molar-refractivity contribution is 6.32. The molecule has 214 valence electrons. The Kier molecular flexibility index (Phi) is 8.78. The van der Waals surface area contributed by atoms with Crippen molar-refractivity contribution < 1.29 is 23.5 Å². The number of hydrogen-bond donors (Lipinski definition) is 1. The van der Waals surface area contributed by atoms with E-state index in [0.29, 0.717) is 47.1 Å². The molecule has 2 aromatic carbocycles. The SMILES string of the molecule is CCOC(=O)CC1CCC(NC(=O)c2cc(Cl)cc3cnn(Cc4cnc(-c5ccc(F)c(OC)c5)nc4)c23)CC1. The van der Waals surface area contributed by atoms with E-state index in [1.54, 1.807) is 54.5 Å². The smallest absolute Gasteiger partial charge is 0.306 e. The number of benzene rings is 2. The number of nitrogens with zero attached hydrogens (tertiary/aromatic N) is 4. The number of hydrogen-bond acceptors (Lipinski definition) is 7. The van der Waals surface area contributed by atoms with Crippen molar-refractivity contribution >= 4 is 34.4 Å². The minimum atomic E-state index is -0.458. The van der Waals surface area contributed by atoms with Gasteiger partial charge in [0.1, 0.15) is 0 Å². The Balaban J connectivity index is 1.30. The highest BCUT2D eigenvalue weighted by Crippen LogP contribution is 2.29. The van der Waals surface area contributed by atoms with Gasteiger partial charge in [0.15, 0.2) is 17.4 Å². The highest BCUT2D eigenvalue weighted by atomic mass is 35.5. The highest BCUT2D eigenvalue weighted by Gasteiger charge is 2.26. The molecule has 0 unspecified atom stereocenters. The molecule has 5 rings (SSSR count). The molecule has 4 aromatic rings. The first-order chi connectivity index (χ1) is 19.8. The summed E-state index contributed by atoms with van der Waals surface area (Å²) in [6.07, 6.45) is 8.75. The van der Waals surface area contributed by atoms with E-state index >= 15 is 0 Å². The molecule has 1 N–H and O–H groups in total. The van der Waals surface area contributed by atoms with E-state index in [9.17, 15) is 14.0 Å². The largest absolute Gasteiger partial charge is 0.494 e. The number of carbonyl (C=O) groups is 2. The van der Waals surface area contributed by atoms with E-state index in [0.717, 1.165) is 36.6 Å². The predicted molar refractivity (Wildman–Crippen MR) is 152 cm³/mol. The Morgan fingerprint density at radius 2 is 1.85 bits per heavy atom. The van der Waals surface area contributed by atoms with Gasteiger partial charge in [-0.15, -0.1) is 0 Å². The van der Waals surface area contributed by atoms with Crippen molar-refractivity contribution in [1.82, 2.24) is 25.1 Å². The van der Waals surface area contributed by atoms with Gasteiger partial charge in [-0.2, -0.15) is 5.10 Å². The summed E-state index contributed by atoms with van der Waals surface area (Å²) in [6, 6.07) is 7.90. The van der Waals surface area contributed by atoms with Crippen LogP contribution >= 0.6 is 11.6 Å². The number of halogens is 2. The van der Waals surface area contributed by atoms with Gasteiger partial charge in [-0.05, 0) is 68.9 Å². The minimum Gasteiger partial charge on any atom is -0.494 e. The van der Waals surface area contributed by atoms with Crippen LogP contribution in [0.15, 0.2) is 48.9 Å². The molecule has 1 amide bonds. The molecule has 0 spiro atoms. The molecular formula is C30H31ClFN5O4. The molecule has 2 heterocycles. The van der Waals surface area contributed by atoms with Gasteiger partial charge in [0.25, 0.3) is 5.91 Å². The van der Waals surface area contributed by atoms with Crippen LogP contribution in [-0.4, -0.2) is 51.4 Å². The number of nitrogens with one attached hydrogen (secondary N) is 1. The molecule has 1 aliphatic rings. The van der Waals surface area contributed by atoms with Gasteiger partial charge in [-0.25, -0.2) is 14.4 Å². The zero-order valence-electron chi connectivity index (χ0n) is 22.9. The van der Waals surface area contributed by atoms with Crippen molar-refractivity contribution in [1.29, 1.82) is 0 Å². The number of ether oxygens (including phenoxy) is 2. The van der Waals surface area contributed by atoms with Crippen molar-refractivity contribution in [2.24, 2.45) is 5.92 Å². The fourth-order valence-corrected chi connectivity index (χ4v) is 5.50. The van der Waals surface area contributed by atoms with E-state index < -0.39 is 5.82 Å². The maximum atomic E-state index is 13.8. The predicted octanol–water partition coefficient (Wildman–Crippen LogP) is 5.58. The van der Waals surface area contributed by atoms with Crippen molar-refractivity contribution in [3.05, 3.63) is 70.9 Å². The lowest BCUT2D eigenvalue weighted by atomic mass is 9.84. The number of esters is 1. The zero-order chi connectivity index (χ0) is 28.9. The molecule has 0 atom stereocenters. The molecule has 2 aromatic heterocycles. The molecule has 0 aliphatic heterocycles. The van der Waals surface area contributed by atoms with Crippen LogP contribution in [0.1, 0.15) is 54.9 Å². The van der Waals surface area contributed by atoms with Crippen LogP contribution in [0.25, 0.3) is 22.3 Å². The maximum Gasteiger partial charge on any atom is 0.306 e. The van der Waals surface area contributed by atoms with Crippen molar-refractivity contribution in [3.63, 3.8) is 0 Å². The molecule has 41 heavy (non-hydrogen) atoms. The number of methoxy groups -OCH3 is 1. The zero-order valence-corrected chi connectivity index (χ0v) is 23.7. The third-order valence-electron chi connectivity index (χ3n) is 7.33. The number of rotatable bonds is 9. The molecular weight excluding hydrogens is 549 g/mol. The first kappa shape index (κ1) is 28.5. The van der Waals surface area contributed by atoms with Gasteiger partial charge in [-0.1, -0.05) is 11.6 Å². The van der Waals surface area contributed by atoms with Crippen molar-refractivity contribution in [2.75, 3.05) is 13.7 Å². The van der Waals surface area contributed by atoms with Gasteiger partial charge in [0, 0.05) is 46.4 Å². The Morgan fingerprint density at radius 3 is 2.56 bits per heavy atom. The van der Waals surface area contributed by atoms with Crippen LogP contribution < -0.4 is 10.1 Å². The fraction of sp³-hybridized carbons (Fsp3) is 0.367. The third-order valence-corrected chi connectivity index (χ3v) is 7.55. The summed E-state index contributed by atoms with van der Waals surface area (Å²) in [6.45, 7) is 2.52. The van der Waals surface area contributed by atoms with E-state index in [-0.39, 0.29) is 29.6 Å². The molecule has 0 bridgehead atoms. The second-order valence-corrected chi connectivity index (χ2v) is 10.6. The standard InChI is InChI=1S/C30H31ClFN5O4/c1-3-41-27(38)10-18-4-7-23(8-5-18)36-30(39)24-13-22(31)11-21-16-35-37(28(21)24)17-19-14-33-29(34-15-19)20-6-9-25(32)26(12-20)40-2/h6,9,11-16,18,23H,3-5,7-8,10,17H2,1-2H3,(H,36,39). The van der Waals surface area contributed by atoms with E-state index in [1.807, 2.05) is 0 Å². The van der Waals surface area contributed by atoms with Gasteiger partial charge in [0.05, 0.1) is 37.5 Å². The molecule has 0 saturated heterocycles. The minimum absolute atomic E-state index is 0.0115. The van der Waals surface area contributed by atoms with E-state index in [1.165, 1.54) is 13.2 Å². The first-order valence-corrected chi connectivity index (χ1v) is 14.0. The Hall–Kier alpha value is -4.05. The van der Waals surface area contributed by atoms with E-state index in [4.69, 9.17) is 21.1 Å². The van der Waals surface area contributed by atoms with E-state index in [2.05, 4.69) is 20.4 Å². The third kappa shape index (κ3) is 6.65. The average Bonchev–Trinajstić information content (AvgIpc) is 3.36. The molecule has 0 radical (unpaired) electrons. The van der Waals surface area contributed by atoms with Gasteiger partial charge < -0.3 is 14.8 Å². The average molecular weight is 580 g/mol. The van der Waals surface area contributed by atoms with Crippen LogP contribution in [0.2, 0.25) is 5.02 Å². The van der Waals surface area contributed by atoms with Crippen LogP contribution in [0, 0.1) is 11.7 Å². The summed E-state index contributed by atoms with van der Waals surface area (Å²) in [4.78, 5) is 34.2. The van der Waals surface area contributed by atoms with Crippen LogP contribution in [0.5, 0.6) is 5.75 Å². The Morgan fingerprint density at radius 1 is 1.10 bits per heavy atom. The monoisotopic (exact) mass is 579 g/mol. The van der Waals surface area contributed by atoms with Crippen molar-refractivity contribution in [3.8, 4) is 17.1 Å². The number of carbonyl (C=O) groups excluding carboxylic acids is 2. The summed E-state index contributed by atoms with van der Waals surface area (Å²) in [7, 11) is 1.40.